The Bertz CT molecular complexity index is 232. The van der Waals surface area contributed by atoms with Crippen molar-refractivity contribution in [1.29, 1.82) is 0 Å². The molecule has 1 aliphatic heterocycles. The SMILES string of the molecule is [CH2][C@H]1[C@@H](CC)CCN1C(=O)OC(C)(C)C. The van der Waals surface area contributed by atoms with Gasteiger partial charge in [0.25, 0.3) is 0 Å². The fourth-order valence-corrected chi connectivity index (χ4v) is 1.94. The topological polar surface area (TPSA) is 29.5 Å². The standard InChI is InChI=1S/C12H22NO2/c1-6-10-7-8-13(9(10)2)11(14)15-12(3,4)5/h9-10H,2,6-8H2,1,3-5H3/t9-,10-/m0/s1. The van der Waals surface area contributed by atoms with E-state index in [-0.39, 0.29) is 12.1 Å². The Morgan fingerprint density at radius 3 is 2.53 bits per heavy atom. The Hall–Kier alpha value is -0.730. The molecule has 0 saturated carbocycles. The van der Waals surface area contributed by atoms with Gasteiger partial charge in [0, 0.05) is 12.6 Å². The van der Waals surface area contributed by atoms with Crippen LogP contribution in [0.5, 0.6) is 0 Å². The third-order valence-electron chi connectivity index (χ3n) is 2.84. The Kier molecular flexibility index (Phi) is 3.63. The van der Waals surface area contributed by atoms with Gasteiger partial charge in [-0.1, -0.05) is 13.3 Å². The molecule has 0 unspecified atom stereocenters. The van der Waals surface area contributed by atoms with E-state index in [0.29, 0.717) is 5.92 Å². The van der Waals surface area contributed by atoms with E-state index in [1.54, 1.807) is 4.90 Å². The first-order chi connectivity index (χ1) is 6.85. The second kappa shape index (κ2) is 4.42. The van der Waals surface area contributed by atoms with E-state index in [9.17, 15) is 4.79 Å². The molecule has 1 saturated heterocycles. The zero-order chi connectivity index (χ0) is 11.6. The van der Waals surface area contributed by atoms with Crippen molar-refractivity contribution in [3.8, 4) is 0 Å². The molecule has 0 aromatic heterocycles. The number of rotatable bonds is 1. The molecule has 1 aliphatic rings. The fourth-order valence-electron chi connectivity index (χ4n) is 1.94. The summed E-state index contributed by atoms with van der Waals surface area (Å²) in [7, 11) is 0. The molecule has 3 heteroatoms. The summed E-state index contributed by atoms with van der Waals surface area (Å²) in [6.45, 7) is 12.6. The molecule has 0 aliphatic carbocycles. The maximum atomic E-state index is 11.8. The van der Waals surface area contributed by atoms with Gasteiger partial charge in [0.1, 0.15) is 5.60 Å². The van der Waals surface area contributed by atoms with Crippen LogP contribution in [0.2, 0.25) is 0 Å². The van der Waals surface area contributed by atoms with Crippen molar-refractivity contribution in [3.63, 3.8) is 0 Å². The van der Waals surface area contributed by atoms with E-state index in [1.165, 1.54) is 0 Å². The lowest BCUT2D eigenvalue weighted by Gasteiger charge is -2.28. The van der Waals surface area contributed by atoms with Gasteiger partial charge in [0.05, 0.1) is 0 Å². The van der Waals surface area contributed by atoms with E-state index >= 15 is 0 Å². The van der Waals surface area contributed by atoms with E-state index in [2.05, 4.69) is 13.8 Å². The number of carbonyl (C=O) groups is 1. The highest BCUT2D eigenvalue weighted by Gasteiger charge is 2.35. The molecule has 3 nitrogen and oxygen atoms in total. The summed E-state index contributed by atoms with van der Waals surface area (Å²) in [5.41, 5.74) is -0.416. The summed E-state index contributed by atoms with van der Waals surface area (Å²) in [4.78, 5) is 13.5. The van der Waals surface area contributed by atoms with Crippen LogP contribution in [0.25, 0.3) is 0 Å². The largest absolute Gasteiger partial charge is 0.444 e. The minimum Gasteiger partial charge on any atom is -0.444 e. The third-order valence-corrected chi connectivity index (χ3v) is 2.84. The second-order valence-corrected chi connectivity index (χ2v) is 5.20. The maximum absolute atomic E-state index is 11.8. The molecule has 1 heterocycles. The number of nitrogens with zero attached hydrogens (tertiary/aromatic N) is 1. The van der Waals surface area contributed by atoms with E-state index in [1.807, 2.05) is 20.8 Å². The number of likely N-dealkylation sites (tertiary alicyclic amines) is 1. The van der Waals surface area contributed by atoms with Crippen LogP contribution in [0.3, 0.4) is 0 Å². The predicted molar refractivity (Wildman–Crippen MR) is 60.5 cm³/mol. The monoisotopic (exact) mass is 212 g/mol. The van der Waals surface area contributed by atoms with Gasteiger partial charge in [-0.15, -0.1) is 0 Å². The van der Waals surface area contributed by atoms with Gasteiger partial charge in [0.2, 0.25) is 0 Å². The number of ether oxygens (including phenoxy) is 1. The fraction of sp³-hybridized carbons (Fsp3) is 0.833. The summed E-state index contributed by atoms with van der Waals surface area (Å²) < 4.78 is 5.33. The Morgan fingerprint density at radius 1 is 1.53 bits per heavy atom. The zero-order valence-corrected chi connectivity index (χ0v) is 10.2. The summed E-state index contributed by atoms with van der Waals surface area (Å²) >= 11 is 0. The zero-order valence-electron chi connectivity index (χ0n) is 10.2. The van der Waals surface area contributed by atoms with Crippen molar-refractivity contribution in [3.05, 3.63) is 6.92 Å². The van der Waals surface area contributed by atoms with Crippen molar-refractivity contribution < 1.29 is 9.53 Å². The van der Waals surface area contributed by atoms with Gasteiger partial charge in [-0.2, -0.15) is 0 Å². The van der Waals surface area contributed by atoms with Crippen LogP contribution < -0.4 is 0 Å². The Morgan fingerprint density at radius 2 is 2.13 bits per heavy atom. The molecular weight excluding hydrogens is 190 g/mol. The number of carbonyl (C=O) groups excluding carboxylic acids is 1. The summed E-state index contributed by atoms with van der Waals surface area (Å²) in [6.07, 6.45) is 1.90. The highest BCUT2D eigenvalue weighted by Crippen LogP contribution is 2.27. The highest BCUT2D eigenvalue weighted by atomic mass is 16.6. The van der Waals surface area contributed by atoms with Gasteiger partial charge >= 0.3 is 6.09 Å². The van der Waals surface area contributed by atoms with Crippen LogP contribution in [-0.4, -0.2) is 29.2 Å². The molecule has 1 amide bonds. The molecule has 87 valence electrons. The van der Waals surface area contributed by atoms with E-state index < -0.39 is 5.60 Å². The predicted octanol–water partition coefficient (Wildman–Crippen LogP) is 2.86. The van der Waals surface area contributed by atoms with Crippen molar-refractivity contribution in [2.45, 2.75) is 52.2 Å². The van der Waals surface area contributed by atoms with Crippen molar-refractivity contribution in [2.75, 3.05) is 6.54 Å². The first-order valence-electron chi connectivity index (χ1n) is 5.68. The molecule has 1 fully saturated rings. The molecule has 0 N–H and O–H groups in total. The van der Waals surface area contributed by atoms with Crippen molar-refractivity contribution in [1.82, 2.24) is 4.90 Å². The first-order valence-corrected chi connectivity index (χ1v) is 5.68. The average Bonchev–Trinajstić information content (AvgIpc) is 2.43. The van der Waals surface area contributed by atoms with Gasteiger partial charge in [-0.05, 0) is 40.0 Å². The molecule has 15 heavy (non-hydrogen) atoms. The summed E-state index contributed by atoms with van der Waals surface area (Å²) in [5, 5.41) is 0. The second-order valence-electron chi connectivity index (χ2n) is 5.20. The number of hydrogen-bond donors (Lipinski definition) is 0. The van der Waals surface area contributed by atoms with Crippen molar-refractivity contribution >= 4 is 6.09 Å². The molecule has 0 aromatic rings. The lowest BCUT2D eigenvalue weighted by molar-refractivity contribution is 0.0240. The van der Waals surface area contributed by atoms with Crippen LogP contribution in [0.4, 0.5) is 4.79 Å². The van der Waals surface area contributed by atoms with Crippen molar-refractivity contribution in [2.24, 2.45) is 5.92 Å². The van der Waals surface area contributed by atoms with Crippen LogP contribution in [-0.2, 0) is 4.74 Å². The maximum Gasteiger partial charge on any atom is 0.410 e. The minimum atomic E-state index is -0.416. The summed E-state index contributed by atoms with van der Waals surface area (Å²) in [5.74, 6) is 0.525. The lowest BCUT2D eigenvalue weighted by Crippen LogP contribution is -2.40. The molecule has 1 rings (SSSR count). The van der Waals surface area contributed by atoms with Crippen LogP contribution in [0.1, 0.15) is 40.5 Å². The van der Waals surface area contributed by atoms with Gasteiger partial charge in [-0.3, -0.25) is 0 Å². The van der Waals surface area contributed by atoms with E-state index in [0.717, 1.165) is 19.4 Å². The minimum absolute atomic E-state index is 0.0739. The first kappa shape index (κ1) is 12.3. The molecule has 0 aromatic carbocycles. The number of amides is 1. The smallest absolute Gasteiger partial charge is 0.410 e. The van der Waals surface area contributed by atoms with Crippen LogP contribution >= 0.6 is 0 Å². The van der Waals surface area contributed by atoms with E-state index in [4.69, 9.17) is 4.74 Å². The number of hydrogen-bond acceptors (Lipinski definition) is 2. The lowest BCUT2D eigenvalue weighted by atomic mass is 9.99. The normalized spacial score (nSPS) is 26.9. The highest BCUT2D eigenvalue weighted by molar-refractivity contribution is 5.69. The quantitative estimate of drug-likeness (QED) is 0.669. The molecule has 1 radical (unpaired) electrons. The van der Waals surface area contributed by atoms with Gasteiger partial charge < -0.3 is 9.64 Å². The molecule has 0 spiro atoms. The average molecular weight is 212 g/mol. The van der Waals surface area contributed by atoms with Crippen LogP contribution in [0.15, 0.2) is 0 Å². The van der Waals surface area contributed by atoms with Gasteiger partial charge in [0.15, 0.2) is 0 Å². The van der Waals surface area contributed by atoms with Gasteiger partial charge in [-0.25, -0.2) is 4.79 Å². The summed E-state index contributed by atoms with van der Waals surface area (Å²) in [6, 6.07) is 0.0739. The van der Waals surface area contributed by atoms with Crippen LogP contribution in [0, 0.1) is 12.8 Å². The Labute approximate surface area is 92.8 Å². The molecule has 0 bridgehead atoms. The third kappa shape index (κ3) is 3.11. The molecular formula is C12H22NO2. The molecule has 2 atom stereocenters. The Balaban J connectivity index is 2.55.